The summed E-state index contributed by atoms with van der Waals surface area (Å²) >= 11 is 6.53. The Kier molecular flexibility index (Phi) is 6.26. The van der Waals surface area contributed by atoms with Crippen molar-refractivity contribution < 1.29 is 4.79 Å². The summed E-state index contributed by atoms with van der Waals surface area (Å²) in [5.74, 6) is 0.794. The standard InChI is InChI=1S/C25H30ClN3O/c1-17-10-12-28(13-11-17)16-25(30)29-24(20-6-4-5-7-22(20)26)15-23(27-29)21-14-18(2)8-9-19(21)3/h4-9,14,17,24H,10-13,15-16H2,1-3H3. The van der Waals surface area contributed by atoms with Gasteiger partial charge in [0.25, 0.3) is 5.91 Å². The Hall–Kier alpha value is -2.17. The van der Waals surface area contributed by atoms with E-state index in [2.05, 4.69) is 43.9 Å². The number of amides is 1. The van der Waals surface area contributed by atoms with Crippen molar-refractivity contribution in [3.05, 3.63) is 69.7 Å². The third-order valence-corrected chi connectivity index (χ3v) is 6.71. The molecule has 4 nitrogen and oxygen atoms in total. The first-order valence-electron chi connectivity index (χ1n) is 10.9. The normalized spacial score (nSPS) is 20.5. The SMILES string of the molecule is Cc1ccc(C)c(C2=NN(C(=O)CN3CCC(C)CC3)C(c3ccccc3Cl)C2)c1. The van der Waals surface area contributed by atoms with Crippen LogP contribution in [0.5, 0.6) is 0 Å². The van der Waals surface area contributed by atoms with Gasteiger partial charge in [-0.1, -0.05) is 54.4 Å². The maximum Gasteiger partial charge on any atom is 0.257 e. The van der Waals surface area contributed by atoms with Crippen molar-refractivity contribution in [1.29, 1.82) is 0 Å². The van der Waals surface area contributed by atoms with Crippen LogP contribution < -0.4 is 0 Å². The van der Waals surface area contributed by atoms with E-state index in [1.165, 1.54) is 11.1 Å². The van der Waals surface area contributed by atoms with E-state index in [-0.39, 0.29) is 11.9 Å². The van der Waals surface area contributed by atoms with Crippen molar-refractivity contribution in [2.45, 2.75) is 46.1 Å². The van der Waals surface area contributed by atoms with Crippen LogP contribution in [0.25, 0.3) is 0 Å². The fourth-order valence-corrected chi connectivity index (χ4v) is 4.68. The summed E-state index contributed by atoms with van der Waals surface area (Å²) < 4.78 is 0. The molecule has 1 atom stereocenters. The molecule has 0 saturated carbocycles. The van der Waals surface area contributed by atoms with Crippen LogP contribution in [-0.2, 0) is 4.79 Å². The van der Waals surface area contributed by atoms with Crippen LogP contribution >= 0.6 is 11.6 Å². The minimum absolute atomic E-state index is 0.0507. The lowest BCUT2D eigenvalue weighted by Gasteiger charge is -2.31. The second-order valence-electron chi connectivity index (χ2n) is 8.80. The monoisotopic (exact) mass is 423 g/mol. The van der Waals surface area contributed by atoms with E-state index in [0.717, 1.165) is 48.7 Å². The molecule has 0 bridgehead atoms. The number of hydrogen-bond acceptors (Lipinski definition) is 3. The topological polar surface area (TPSA) is 35.9 Å². The Morgan fingerprint density at radius 3 is 2.60 bits per heavy atom. The zero-order valence-corrected chi connectivity index (χ0v) is 18.8. The summed E-state index contributed by atoms with van der Waals surface area (Å²) in [5.41, 5.74) is 5.41. The van der Waals surface area contributed by atoms with Crippen LogP contribution in [0.4, 0.5) is 0 Å². The third-order valence-electron chi connectivity index (χ3n) is 6.37. The number of carbonyl (C=O) groups is 1. The minimum atomic E-state index is -0.162. The molecule has 0 radical (unpaired) electrons. The zero-order chi connectivity index (χ0) is 21.3. The molecular weight excluding hydrogens is 394 g/mol. The third kappa shape index (κ3) is 4.45. The molecule has 5 heteroatoms. The Labute approximate surface area is 184 Å². The molecule has 2 heterocycles. The van der Waals surface area contributed by atoms with Crippen LogP contribution in [0.2, 0.25) is 5.02 Å². The molecule has 1 saturated heterocycles. The lowest BCUT2D eigenvalue weighted by Crippen LogP contribution is -2.41. The maximum absolute atomic E-state index is 13.4. The fraction of sp³-hybridized carbons (Fsp3) is 0.440. The van der Waals surface area contributed by atoms with Gasteiger partial charge in [0.05, 0.1) is 18.3 Å². The van der Waals surface area contributed by atoms with E-state index in [9.17, 15) is 4.79 Å². The van der Waals surface area contributed by atoms with Crippen molar-refractivity contribution in [1.82, 2.24) is 9.91 Å². The largest absolute Gasteiger partial charge is 0.294 e. The molecule has 1 amide bonds. The predicted octanol–water partition coefficient (Wildman–Crippen LogP) is 5.37. The van der Waals surface area contributed by atoms with Crippen LogP contribution in [0, 0.1) is 19.8 Å². The number of benzene rings is 2. The van der Waals surface area contributed by atoms with Gasteiger partial charge in [-0.3, -0.25) is 9.69 Å². The molecule has 4 rings (SSSR count). The molecule has 2 aromatic rings. The number of aryl methyl sites for hydroxylation is 2. The number of likely N-dealkylation sites (tertiary alicyclic amines) is 1. The van der Waals surface area contributed by atoms with Gasteiger partial charge in [-0.05, 0) is 69.0 Å². The lowest BCUT2D eigenvalue weighted by atomic mass is 9.95. The molecule has 2 aliphatic heterocycles. The molecule has 2 aromatic carbocycles. The van der Waals surface area contributed by atoms with Gasteiger partial charge in [0.2, 0.25) is 0 Å². The molecule has 1 fully saturated rings. The first kappa shape index (κ1) is 21.1. The van der Waals surface area contributed by atoms with E-state index in [1.807, 2.05) is 24.3 Å². The Morgan fingerprint density at radius 2 is 1.87 bits per heavy atom. The summed E-state index contributed by atoms with van der Waals surface area (Å²) in [6.07, 6.45) is 2.98. The first-order chi connectivity index (χ1) is 14.4. The molecule has 30 heavy (non-hydrogen) atoms. The molecular formula is C25H30ClN3O. The van der Waals surface area contributed by atoms with Gasteiger partial charge in [-0.15, -0.1) is 0 Å². The van der Waals surface area contributed by atoms with Crippen LogP contribution in [0.1, 0.15) is 54.5 Å². The van der Waals surface area contributed by atoms with Crippen LogP contribution in [0.15, 0.2) is 47.6 Å². The summed E-state index contributed by atoms with van der Waals surface area (Å²) in [6, 6.07) is 14.0. The molecule has 0 spiro atoms. The van der Waals surface area contributed by atoms with Crippen molar-refractivity contribution in [2.24, 2.45) is 11.0 Å². The fourth-order valence-electron chi connectivity index (χ4n) is 4.42. The quantitative estimate of drug-likeness (QED) is 0.663. The number of hydrogen-bond donors (Lipinski definition) is 0. The van der Waals surface area contributed by atoms with Crippen molar-refractivity contribution in [2.75, 3.05) is 19.6 Å². The maximum atomic E-state index is 13.4. The average Bonchev–Trinajstić information content (AvgIpc) is 3.17. The van der Waals surface area contributed by atoms with Crippen molar-refractivity contribution in [3.8, 4) is 0 Å². The van der Waals surface area contributed by atoms with Gasteiger partial charge in [-0.2, -0.15) is 5.10 Å². The highest BCUT2D eigenvalue weighted by Gasteiger charge is 2.35. The van der Waals surface area contributed by atoms with Gasteiger partial charge >= 0.3 is 0 Å². The molecule has 0 aliphatic carbocycles. The second kappa shape index (κ2) is 8.91. The summed E-state index contributed by atoms with van der Waals surface area (Å²) in [5, 5.41) is 7.23. The smallest absolute Gasteiger partial charge is 0.257 e. The molecule has 1 unspecified atom stereocenters. The molecule has 158 valence electrons. The Bertz CT molecular complexity index is 963. The van der Waals surface area contributed by atoms with Gasteiger partial charge < -0.3 is 0 Å². The average molecular weight is 424 g/mol. The van der Waals surface area contributed by atoms with E-state index in [1.54, 1.807) is 5.01 Å². The highest BCUT2D eigenvalue weighted by Crippen LogP contribution is 2.37. The first-order valence-corrected chi connectivity index (χ1v) is 11.2. The minimum Gasteiger partial charge on any atom is -0.294 e. The molecule has 0 N–H and O–H groups in total. The highest BCUT2D eigenvalue weighted by atomic mass is 35.5. The van der Waals surface area contributed by atoms with Crippen LogP contribution in [0.3, 0.4) is 0 Å². The number of halogens is 1. The number of piperidine rings is 1. The van der Waals surface area contributed by atoms with Crippen LogP contribution in [-0.4, -0.2) is 41.2 Å². The predicted molar refractivity (Wildman–Crippen MR) is 123 cm³/mol. The van der Waals surface area contributed by atoms with E-state index >= 15 is 0 Å². The van der Waals surface area contributed by atoms with Crippen molar-refractivity contribution in [3.63, 3.8) is 0 Å². The number of nitrogens with zero attached hydrogens (tertiary/aromatic N) is 3. The number of rotatable bonds is 4. The molecule has 0 aromatic heterocycles. The number of carbonyl (C=O) groups excluding carboxylic acids is 1. The van der Waals surface area contributed by atoms with Gasteiger partial charge in [0.15, 0.2) is 0 Å². The lowest BCUT2D eigenvalue weighted by molar-refractivity contribution is -0.134. The molecule has 2 aliphatic rings. The number of hydrazone groups is 1. The summed E-state index contributed by atoms with van der Waals surface area (Å²) in [4.78, 5) is 15.6. The highest BCUT2D eigenvalue weighted by molar-refractivity contribution is 6.31. The second-order valence-corrected chi connectivity index (χ2v) is 9.21. The van der Waals surface area contributed by atoms with Gasteiger partial charge in [0, 0.05) is 17.0 Å². The summed E-state index contributed by atoms with van der Waals surface area (Å²) in [7, 11) is 0. The Balaban J connectivity index is 1.63. The summed E-state index contributed by atoms with van der Waals surface area (Å²) in [6.45, 7) is 8.84. The van der Waals surface area contributed by atoms with E-state index in [0.29, 0.717) is 18.0 Å². The van der Waals surface area contributed by atoms with Gasteiger partial charge in [0.1, 0.15) is 0 Å². The Morgan fingerprint density at radius 1 is 1.13 bits per heavy atom. The van der Waals surface area contributed by atoms with E-state index in [4.69, 9.17) is 16.7 Å². The van der Waals surface area contributed by atoms with Gasteiger partial charge in [-0.25, -0.2) is 5.01 Å². The van der Waals surface area contributed by atoms with Crippen molar-refractivity contribution >= 4 is 23.2 Å². The zero-order valence-electron chi connectivity index (χ0n) is 18.1. The van der Waals surface area contributed by atoms with E-state index < -0.39 is 0 Å².